The number of halogens is 4. The lowest BCUT2D eigenvalue weighted by Crippen LogP contribution is -2.68. The minimum atomic E-state index is -5.38. The summed E-state index contributed by atoms with van der Waals surface area (Å²) in [6, 6.07) is -0.252. The first-order valence-corrected chi connectivity index (χ1v) is 12.0. The number of carbonyl (C=O) groups is 4. The third kappa shape index (κ3) is 4.86. The van der Waals surface area contributed by atoms with E-state index in [0.29, 0.717) is 38.6 Å². The fourth-order valence-corrected chi connectivity index (χ4v) is 6.20. The van der Waals surface area contributed by atoms with Gasteiger partial charge in [-0.05, 0) is 57.8 Å². The summed E-state index contributed by atoms with van der Waals surface area (Å²) in [5, 5.41) is 14.3. The van der Waals surface area contributed by atoms with Gasteiger partial charge < -0.3 is 21.3 Å². The van der Waals surface area contributed by atoms with Gasteiger partial charge in [-0.15, -0.1) is 0 Å². The number of piperidine rings is 1. The van der Waals surface area contributed by atoms with Crippen LogP contribution < -0.4 is 16.4 Å². The number of nitrogens with one attached hydrogen (secondary N) is 2. The standard InChI is InChI=1S/C23H31F4N5O4/c1-21(2,24)16(31-20(36)23(25,26)27)18(34)32-11-13-5-3-7-15(13)22(32,19(29)35)14(10-28)9-12-6-4-8-30-17(12)33/h12-16H,3-9,11H2,1-2H3,(H2,29,35)(H,30,33)(H,31,36)/t12-,13?,14+,15?,16+,22?/m0/s1. The van der Waals surface area contributed by atoms with Crippen molar-refractivity contribution < 1.29 is 36.7 Å². The molecular formula is C23H31F4N5O4. The van der Waals surface area contributed by atoms with Crippen molar-refractivity contribution in [1.29, 1.82) is 5.26 Å². The van der Waals surface area contributed by atoms with E-state index in [9.17, 15) is 37.6 Å². The van der Waals surface area contributed by atoms with E-state index in [0.717, 1.165) is 18.7 Å². The second kappa shape index (κ2) is 9.86. The number of carbonyl (C=O) groups excluding carboxylic acids is 4. The molecule has 0 bridgehead atoms. The third-order valence-electron chi connectivity index (χ3n) is 7.82. The second-order valence-electron chi connectivity index (χ2n) is 10.5. The minimum Gasteiger partial charge on any atom is -0.368 e. The highest BCUT2D eigenvalue weighted by Gasteiger charge is 2.65. The summed E-state index contributed by atoms with van der Waals surface area (Å²) in [5.41, 5.74) is 1.26. The molecular weight excluding hydrogens is 486 g/mol. The third-order valence-corrected chi connectivity index (χ3v) is 7.82. The van der Waals surface area contributed by atoms with Crippen LogP contribution in [0.4, 0.5) is 17.6 Å². The van der Waals surface area contributed by atoms with E-state index >= 15 is 4.39 Å². The Bertz CT molecular complexity index is 960. The van der Waals surface area contributed by atoms with Gasteiger partial charge in [0.25, 0.3) is 0 Å². The Labute approximate surface area is 206 Å². The molecule has 0 spiro atoms. The second-order valence-corrected chi connectivity index (χ2v) is 10.5. The number of primary amides is 1. The number of rotatable bonds is 7. The van der Waals surface area contributed by atoms with E-state index in [1.165, 1.54) is 5.32 Å². The molecule has 4 amide bonds. The molecule has 9 nitrogen and oxygen atoms in total. The zero-order chi connectivity index (χ0) is 27.1. The molecule has 2 aliphatic heterocycles. The molecule has 200 valence electrons. The van der Waals surface area contributed by atoms with Gasteiger partial charge in [0.1, 0.15) is 17.2 Å². The van der Waals surface area contributed by atoms with Gasteiger partial charge in [-0.3, -0.25) is 19.2 Å². The molecule has 3 aliphatic rings. The number of fused-ring (bicyclic) bond motifs is 1. The van der Waals surface area contributed by atoms with Crippen LogP contribution in [0, 0.1) is 35.0 Å². The summed E-state index contributed by atoms with van der Waals surface area (Å²) in [6.07, 6.45) is -2.71. The molecule has 3 rings (SSSR count). The maximum Gasteiger partial charge on any atom is 0.471 e. The first-order valence-electron chi connectivity index (χ1n) is 12.0. The molecule has 0 radical (unpaired) electrons. The Kier molecular flexibility index (Phi) is 7.58. The van der Waals surface area contributed by atoms with Crippen molar-refractivity contribution in [3.05, 3.63) is 0 Å². The number of alkyl halides is 4. The fourth-order valence-electron chi connectivity index (χ4n) is 6.20. The summed E-state index contributed by atoms with van der Waals surface area (Å²) in [5.74, 6) is -7.88. The molecule has 2 heterocycles. The van der Waals surface area contributed by atoms with Crippen LogP contribution in [0.25, 0.3) is 0 Å². The molecule has 3 unspecified atom stereocenters. The van der Waals surface area contributed by atoms with Crippen molar-refractivity contribution in [2.75, 3.05) is 13.1 Å². The van der Waals surface area contributed by atoms with Crippen molar-refractivity contribution in [2.45, 2.75) is 75.8 Å². The van der Waals surface area contributed by atoms with Crippen LogP contribution in [0.1, 0.15) is 52.4 Å². The number of hydrogen-bond donors (Lipinski definition) is 3. The maximum absolute atomic E-state index is 15.1. The Balaban J connectivity index is 2.07. The first-order chi connectivity index (χ1) is 16.6. The molecule has 13 heteroatoms. The number of hydrogen-bond acceptors (Lipinski definition) is 5. The van der Waals surface area contributed by atoms with E-state index in [1.54, 1.807) is 0 Å². The van der Waals surface area contributed by atoms with Gasteiger partial charge in [0.2, 0.25) is 17.7 Å². The Morgan fingerprint density at radius 2 is 1.89 bits per heavy atom. The fraction of sp³-hybridized carbons (Fsp3) is 0.783. The molecule has 6 atom stereocenters. The summed E-state index contributed by atoms with van der Waals surface area (Å²) in [7, 11) is 0. The number of amides is 4. The zero-order valence-corrected chi connectivity index (χ0v) is 20.2. The van der Waals surface area contributed by atoms with Crippen LogP contribution in [0.2, 0.25) is 0 Å². The molecule has 36 heavy (non-hydrogen) atoms. The average molecular weight is 518 g/mol. The monoisotopic (exact) mass is 517 g/mol. The number of nitrogens with two attached hydrogens (primary N) is 1. The van der Waals surface area contributed by atoms with Crippen LogP contribution in [0.5, 0.6) is 0 Å². The summed E-state index contributed by atoms with van der Waals surface area (Å²) in [4.78, 5) is 51.9. The number of nitrogens with zero attached hydrogens (tertiary/aromatic N) is 2. The van der Waals surface area contributed by atoms with Crippen molar-refractivity contribution in [3.63, 3.8) is 0 Å². The van der Waals surface area contributed by atoms with Crippen molar-refractivity contribution in [1.82, 2.24) is 15.5 Å². The van der Waals surface area contributed by atoms with Crippen LogP contribution in [-0.2, 0) is 19.2 Å². The molecule has 0 aromatic carbocycles. The summed E-state index contributed by atoms with van der Waals surface area (Å²) in [6.45, 7) is 2.01. The predicted octanol–water partition coefficient (Wildman–Crippen LogP) is 1.32. The van der Waals surface area contributed by atoms with Crippen molar-refractivity contribution in [2.24, 2.45) is 29.4 Å². The number of nitriles is 1. The molecule has 1 aliphatic carbocycles. The lowest BCUT2D eigenvalue weighted by atomic mass is 9.68. The highest BCUT2D eigenvalue weighted by Crippen LogP contribution is 2.53. The van der Waals surface area contributed by atoms with E-state index in [-0.39, 0.29) is 24.8 Å². The van der Waals surface area contributed by atoms with E-state index in [1.807, 2.05) is 6.07 Å². The smallest absolute Gasteiger partial charge is 0.368 e. The quantitative estimate of drug-likeness (QED) is 0.436. The predicted molar refractivity (Wildman–Crippen MR) is 117 cm³/mol. The topological polar surface area (TPSA) is 145 Å². The van der Waals surface area contributed by atoms with Gasteiger partial charge in [-0.25, -0.2) is 4.39 Å². The van der Waals surface area contributed by atoms with Crippen molar-refractivity contribution in [3.8, 4) is 6.07 Å². The SMILES string of the molecule is CC(C)(F)[C@H](NC(=O)C(F)(F)F)C(=O)N1CC2CCCC2C1(C(N)=O)[C@@H](C#N)C[C@@H]1CCCNC1=O. The molecule has 0 aromatic rings. The Hall–Kier alpha value is -2.91. The van der Waals surface area contributed by atoms with Gasteiger partial charge in [0.05, 0.1) is 12.0 Å². The van der Waals surface area contributed by atoms with Gasteiger partial charge in [0.15, 0.2) is 0 Å². The van der Waals surface area contributed by atoms with Gasteiger partial charge >= 0.3 is 12.1 Å². The summed E-state index contributed by atoms with van der Waals surface area (Å²) >= 11 is 0. The van der Waals surface area contributed by atoms with Crippen LogP contribution in [0.15, 0.2) is 0 Å². The van der Waals surface area contributed by atoms with Crippen LogP contribution in [0.3, 0.4) is 0 Å². The van der Waals surface area contributed by atoms with E-state index in [4.69, 9.17) is 5.73 Å². The Morgan fingerprint density at radius 3 is 2.42 bits per heavy atom. The Morgan fingerprint density at radius 1 is 1.22 bits per heavy atom. The highest BCUT2D eigenvalue weighted by molar-refractivity contribution is 5.97. The normalized spacial score (nSPS) is 30.1. The number of likely N-dealkylation sites (tertiary alicyclic amines) is 1. The molecule has 2 saturated heterocycles. The van der Waals surface area contributed by atoms with Gasteiger partial charge in [0, 0.05) is 19.0 Å². The molecule has 3 fully saturated rings. The minimum absolute atomic E-state index is 0.100. The largest absolute Gasteiger partial charge is 0.471 e. The van der Waals surface area contributed by atoms with E-state index in [2.05, 4.69) is 5.32 Å². The lowest BCUT2D eigenvalue weighted by molar-refractivity contribution is -0.177. The zero-order valence-electron chi connectivity index (χ0n) is 20.2. The van der Waals surface area contributed by atoms with Crippen LogP contribution in [-0.4, -0.2) is 65.0 Å². The molecule has 0 aromatic heterocycles. The first kappa shape index (κ1) is 27.7. The van der Waals surface area contributed by atoms with Crippen LogP contribution >= 0.6 is 0 Å². The maximum atomic E-state index is 15.1. The van der Waals surface area contributed by atoms with Gasteiger partial charge in [-0.1, -0.05) is 6.42 Å². The molecule has 1 saturated carbocycles. The highest BCUT2D eigenvalue weighted by atomic mass is 19.4. The lowest BCUT2D eigenvalue weighted by Gasteiger charge is -2.45. The molecule has 4 N–H and O–H groups in total. The van der Waals surface area contributed by atoms with Gasteiger partial charge in [-0.2, -0.15) is 18.4 Å². The van der Waals surface area contributed by atoms with Crippen molar-refractivity contribution >= 4 is 23.6 Å². The summed E-state index contributed by atoms with van der Waals surface area (Å²) < 4.78 is 54.0. The van der Waals surface area contributed by atoms with E-state index < -0.39 is 58.9 Å². The average Bonchev–Trinajstić information content (AvgIpc) is 3.35.